The van der Waals surface area contributed by atoms with Crippen LogP contribution in [0.1, 0.15) is 13.8 Å². The molecule has 0 aromatic carbocycles. The predicted molar refractivity (Wildman–Crippen MR) is 55.0 cm³/mol. The van der Waals surface area contributed by atoms with Crippen molar-refractivity contribution in [2.45, 2.75) is 19.9 Å². The first-order valence-corrected chi connectivity index (χ1v) is 4.33. The third-order valence-corrected chi connectivity index (χ3v) is 1.51. The van der Waals surface area contributed by atoms with Gasteiger partial charge in [-0.3, -0.25) is 5.41 Å². The van der Waals surface area contributed by atoms with E-state index in [0.717, 1.165) is 5.57 Å². The highest BCUT2D eigenvalue weighted by atomic mass is 16.5. The van der Waals surface area contributed by atoms with E-state index in [-0.39, 0.29) is 0 Å². The number of nitrogens with one attached hydrogen (secondary N) is 3. The van der Waals surface area contributed by atoms with Crippen molar-refractivity contribution < 1.29 is 4.74 Å². The zero-order valence-electron chi connectivity index (χ0n) is 8.55. The van der Waals surface area contributed by atoms with Crippen LogP contribution in [0.4, 0.5) is 0 Å². The number of ether oxygens (including phenoxy) is 1. The fourth-order valence-electron chi connectivity index (χ4n) is 0.846. The average molecular weight is 185 g/mol. The van der Waals surface area contributed by atoms with E-state index in [4.69, 9.17) is 10.1 Å². The molecule has 76 valence electrons. The Kier molecular flexibility index (Phi) is 7.01. The summed E-state index contributed by atoms with van der Waals surface area (Å²) in [6.07, 6.45) is 3.14. The topological polar surface area (TPSA) is 57.1 Å². The number of hydrogen-bond donors (Lipinski definition) is 3. The first-order valence-electron chi connectivity index (χ1n) is 4.33. The first-order chi connectivity index (χ1) is 6.20. The molecule has 1 atom stereocenters. The lowest BCUT2D eigenvalue weighted by molar-refractivity contribution is 0.177. The van der Waals surface area contributed by atoms with Gasteiger partial charge in [0, 0.05) is 19.7 Å². The molecule has 0 amide bonds. The molecule has 0 saturated heterocycles. The van der Waals surface area contributed by atoms with E-state index in [1.54, 1.807) is 7.11 Å². The van der Waals surface area contributed by atoms with Gasteiger partial charge < -0.3 is 15.4 Å². The monoisotopic (exact) mass is 185 g/mol. The van der Waals surface area contributed by atoms with Crippen molar-refractivity contribution in [1.29, 1.82) is 5.41 Å². The largest absolute Gasteiger partial charge is 0.386 e. The molecule has 4 nitrogen and oxygen atoms in total. The van der Waals surface area contributed by atoms with Gasteiger partial charge in [0.1, 0.15) is 0 Å². The van der Waals surface area contributed by atoms with E-state index in [2.05, 4.69) is 17.6 Å². The summed E-state index contributed by atoms with van der Waals surface area (Å²) in [5.41, 5.74) is 1.16. The van der Waals surface area contributed by atoms with E-state index in [9.17, 15) is 0 Å². The summed E-state index contributed by atoms with van der Waals surface area (Å²) in [6.45, 7) is 5.46. The Hall–Kier alpha value is -1.03. The molecule has 13 heavy (non-hydrogen) atoms. The predicted octanol–water partition coefficient (Wildman–Crippen LogP) is 0.711. The normalized spacial score (nSPS) is 13.6. The molecule has 0 saturated carbocycles. The summed E-state index contributed by atoms with van der Waals surface area (Å²) in [7, 11) is 1.69. The maximum Gasteiger partial charge on any atom is 0.0793 e. The fraction of sp³-hybridized carbons (Fsp3) is 0.667. The summed E-state index contributed by atoms with van der Waals surface area (Å²) in [5, 5.41) is 12.8. The quantitative estimate of drug-likeness (QED) is 0.404. The van der Waals surface area contributed by atoms with Crippen LogP contribution in [0.3, 0.4) is 0 Å². The molecule has 0 aliphatic heterocycles. The lowest BCUT2D eigenvalue weighted by Gasteiger charge is -2.11. The van der Waals surface area contributed by atoms with E-state index in [1.165, 1.54) is 6.34 Å². The third-order valence-electron chi connectivity index (χ3n) is 1.51. The Labute approximate surface area is 79.9 Å². The Morgan fingerprint density at radius 1 is 1.62 bits per heavy atom. The minimum Gasteiger partial charge on any atom is -0.386 e. The second kappa shape index (κ2) is 7.61. The average Bonchev–Trinajstić information content (AvgIpc) is 2.12. The zero-order valence-corrected chi connectivity index (χ0v) is 8.55. The van der Waals surface area contributed by atoms with Crippen molar-refractivity contribution in [2.75, 3.05) is 20.3 Å². The number of rotatable bonds is 7. The van der Waals surface area contributed by atoms with Gasteiger partial charge >= 0.3 is 0 Å². The lowest BCUT2D eigenvalue weighted by Crippen LogP contribution is -2.26. The van der Waals surface area contributed by atoms with Gasteiger partial charge in [-0.25, -0.2) is 0 Å². The summed E-state index contributed by atoms with van der Waals surface area (Å²) < 4.78 is 4.97. The van der Waals surface area contributed by atoms with Gasteiger partial charge in [0.2, 0.25) is 0 Å². The Balaban J connectivity index is 3.61. The van der Waals surface area contributed by atoms with Crippen LogP contribution in [-0.2, 0) is 4.74 Å². The maximum absolute atomic E-state index is 6.77. The molecule has 0 heterocycles. The van der Waals surface area contributed by atoms with Crippen molar-refractivity contribution in [3.63, 3.8) is 0 Å². The Morgan fingerprint density at radius 2 is 2.31 bits per heavy atom. The van der Waals surface area contributed by atoms with Gasteiger partial charge in [0.25, 0.3) is 0 Å². The van der Waals surface area contributed by atoms with E-state index in [1.807, 2.05) is 13.1 Å². The Morgan fingerprint density at radius 3 is 2.85 bits per heavy atom. The van der Waals surface area contributed by atoms with Crippen molar-refractivity contribution >= 4 is 6.34 Å². The molecule has 0 aromatic rings. The fourth-order valence-corrected chi connectivity index (χ4v) is 0.846. The summed E-state index contributed by atoms with van der Waals surface area (Å²) in [5.74, 6) is 0. The second-order valence-electron chi connectivity index (χ2n) is 3.04. The van der Waals surface area contributed by atoms with Gasteiger partial charge in [0.05, 0.1) is 12.9 Å². The van der Waals surface area contributed by atoms with E-state index < -0.39 is 0 Å². The van der Waals surface area contributed by atoms with Gasteiger partial charge in [-0.1, -0.05) is 0 Å². The minimum atomic E-state index is 0.319. The summed E-state index contributed by atoms with van der Waals surface area (Å²) in [6, 6.07) is 0.319. The van der Waals surface area contributed by atoms with Crippen LogP contribution < -0.4 is 10.6 Å². The number of methoxy groups -OCH3 is 1. The molecular weight excluding hydrogens is 166 g/mol. The molecule has 0 aromatic heterocycles. The smallest absolute Gasteiger partial charge is 0.0793 e. The summed E-state index contributed by atoms with van der Waals surface area (Å²) in [4.78, 5) is 0. The van der Waals surface area contributed by atoms with Crippen LogP contribution in [0.2, 0.25) is 0 Å². The molecule has 0 aliphatic carbocycles. The standard InChI is InChI=1S/C9H19N3O/c1-8(4-11-7-10)5-12-9(2)6-13-3/h5,7,9,12H,4,6H2,1-3H3,(H2,10,11)/b8-5+/t9-/m1/s1. The zero-order chi connectivity index (χ0) is 10.1. The van der Waals surface area contributed by atoms with Crippen molar-refractivity contribution in [1.82, 2.24) is 10.6 Å². The molecule has 0 rings (SSSR count). The highest BCUT2D eigenvalue weighted by Crippen LogP contribution is 1.88. The molecule has 0 unspecified atom stereocenters. The van der Waals surface area contributed by atoms with Gasteiger partial charge in [-0.05, 0) is 25.6 Å². The van der Waals surface area contributed by atoms with Crippen LogP contribution >= 0.6 is 0 Å². The highest BCUT2D eigenvalue weighted by Gasteiger charge is 1.95. The first kappa shape index (κ1) is 12.0. The van der Waals surface area contributed by atoms with E-state index >= 15 is 0 Å². The van der Waals surface area contributed by atoms with Gasteiger partial charge in [-0.2, -0.15) is 0 Å². The molecule has 4 heteroatoms. The molecule has 0 fully saturated rings. The van der Waals surface area contributed by atoms with Crippen LogP contribution in [-0.4, -0.2) is 32.6 Å². The molecule has 3 N–H and O–H groups in total. The number of hydrogen-bond acceptors (Lipinski definition) is 3. The molecule has 0 aliphatic rings. The molecular formula is C9H19N3O. The van der Waals surface area contributed by atoms with E-state index in [0.29, 0.717) is 19.2 Å². The van der Waals surface area contributed by atoms with Gasteiger partial charge in [0.15, 0.2) is 0 Å². The highest BCUT2D eigenvalue weighted by molar-refractivity contribution is 5.50. The van der Waals surface area contributed by atoms with Crippen molar-refractivity contribution in [2.24, 2.45) is 0 Å². The lowest BCUT2D eigenvalue weighted by atomic mass is 10.3. The van der Waals surface area contributed by atoms with Crippen LogP contribution in [0.5, 0.6) is 0 Å². The minimum absolute atomic E-state index is 0.319. The molecule has 0 bridgehead atoms. The van der Waals surface area contributed by atoms with Crippen LogP contribution in [0.25, 0.3) is 0 Å². The van der Waals surface area contributed by atoms with Gasteiger partial charge in [-0.15, -0.1) is 0 Å². The van der Waals surface area contributed by atoms with Crippen LogP contribution in [0.15, 0.2) is 11.8 Å². The van der Waals surface area contributed by atoms with Crippen LogP contribution in [0, 0.1) is 5.41 Å². The summed E-state index contributed by atoms with van der Waals surface area (Å²) >= 11 is 0. The van der Waals surface area contributed by atoms with Crippen molar-refractivity contribution in [3.05, 3.63) is 11.8 Å². The third kappa shape index (κ3) is 7.33. The Bertz CT molecular complexity index is 168. The maximum atomic E-state index is 6.77. The van der Waals surface area contributed by atoms with Crippen molar-refractivity contribution in [3.8, 4) is 0 Å². The molecule has 0 spiro atoms. The molecule has 0 radical (unpaired) electrons. The second-order valence-corrected chi connectivity index (χ2v) is 3.04. The SMILES string of the molecule is COC[C@@H](C)N/C=C(\C)CNC=N.